The molecular formula is C16H22O3. The van der Waals surface area contributed by atoms with Crippen molar-refractivity contribution in [2.24, 2.45) is 0 Å². The van der Waals surface area contributed by atoms with E-state index < -0.39 is 0 Å². The van der Waals surface area contributed by atoms with Gasteiger partial charge >= 0.3 is 0 Å². The van der Waals surface area contributed by atoms with Crippen molar-refractivity contribution >= 4 is 0 Å². The Hall–Kier alpha value is -1.50. The van der Waals surface area contributed by atoms with Gasteiger partial charge < -0.3 is 14.6 Å². The zero-order valence-corrected chi connectivity index (χ0v) is 12.1. The first-order chi connectivity index (χ1) is 8.92. The fourth-order valence-electron chi connectivity index (χ4n) is 1.53. The van der Waals surface area contributed by atoms with E-state index in [-0.39, 0.29) is 12.2 Å². The van der Waals surface area contributed by atoms with E-state index in [0.29, 0.717) is 13.2 Å². The highest BCUT2D eigenvalue weighted by molar-refractivity contribution is 5.43. The fourth-order valence-corrected chi connectivity index (χ4v) is 1.53. The van der Waals surface area contributed by atoms with Crippen molar-refractivity contribution < 1.29 is 14.6 Å². The molecule has 1 aromatic carbocycles. The summed E-state index contributed by atoms with van der Waals surface area (Å²) in [6, 6.07) is 5.73. The zero-order valence-electron chi connectivity index (χ0n) is 12.1. The average Bonchev–Trinajstić information content (AvgIpc) is 2.32. The van der Waals surface area contributed by atoms with Gasteiger partial charge in [-0.2, -0.15) is 0 Å². The second kappa shape index (κ2) is 7.18. The average molecular weight is 262 g/mol. The molecule has 0 heterocycles. The third-order valence-corrected chi connectivity index (χ3v) is 2.36. The predicted molar refractivity (Wildman–Crippen MR) is 76.3 cm³/mol. The Morgan fingerprint density at radius 3 is 2.53 bits per heavy atom. The van der Waals surface area contributed by atoms with Gasteiger partial charge in [-0.25, -0.2) is 0 Å². The molecule has 0 unspecified atom stereocenters. The maximum atomic E-state index is 8.65. The van der Waals surface area contributed by atoms with E-state index >= 15 is 0 Å². The molecule has 0 atom stereocenters. The molecule has 1 rings (SSSR count). The van der Waals surface area contributed by atoms with Crippen LogP contribution in [0, 0.1) is 18.8 Å². The molecule has 0 aliphatic rings. The molecule has 0 fully saturated rings. The molecule has 0 saturated heterocycles. The van der Waals surface area contributed by atoms with Gasteiger partial charge in [-0.3, -0.25) is 0 Å². The molecule has 0 bridgehead atoms. The molecule has 0 amide bonds. The molecule has 104 valence electrons. The Morgan fingerprint density at radius 2 is 1.95 bits per heavy atom. The lowest BCUT2D eigenvalue weighted by molar-refractivity contribution is -0.0163. The van der Waals surface area contributed by atoms with Crippen molar-refractivity contribution in [3.8, 4) is 17.6 Å². The molecule has 0 aliphatic carbocycles. The van der Waals surface area contributed by atoms with Crippen LogP contribution in [0.3, 0.4) is 0 Å². The van der Waals surface area contributed by atoms with Gasteiger partial charge in [0, 0.05) is 5.56 Å². The second-order valence-electron chi connectivity index (χ2n) is 5.25. The molecule has 1 N–H and O–H groups in total. The summed E-state index contributed by atoms with van der Waals surface area (Å²) in [5, 5.41) is 8.65. The third kappa shape index (κ3) is 6.28. The van der Waals surface area contributed by atoms with Crippen LogP contribution in [0.15, 0.2) is 18.2 Å². The first-order valence-corrected chi connectivity index (χ1v) is 6.39. The largest absolute Gasteiger partial charge is 0.491 e. The van der Waals surface area contributed by atoms with E-state index in [2.05, 4.69) is 11.8 Å². The van der Waals surface area contributed by atoms with Crippen LogP contribution in [0.5, 0.6) is 5.75 Å². The summed E-state index contributed by atoms with van der Waals surface area (Å²) in [7, 11) is 0. The number of aliphatic hydroxyl groups is 1. The van der Waals surface area contributed by atoms with Gasteiger partial charge in [0.15, 0.2) is 0 Å². The summed E-state index contributed by atoms with van der Waals surface area (Å²) in [6.45, 7) is 9.01. The van der Waals surface area contributed by atoms with Crippen molar-refractivity contribution in [3.63, 3.8) is 0 Å². The Labute approximate surface area is 115 Å². The molecule has 0 spiro atoms. The van der Waals surface area contributed by atoms with Crippen LogP contribution in [-0.2, 0) is 4.74 Å². The predicted octanol–water partition coefficient (Wildman–Crippen LogP) is 2.53. The van der Waals surface area contributed by atoms with E-state index in [0.717, 1.165) is 16.9 Å². The van der Waals surface area contributed by atoms with Crippen molar-refractivity contribution in [2.75, 3.05) is 19.8 Å². The van der Waals surface area contributed by atoms with E-state index in [1.54, 1.807) is 0 Å². The molecule has 3 nitrogen and oxygen atoms in total. The van der Waals surface area contributed by atoms with Crippen molar-refractivity contribution in [2.45, 2.75) is 33.3 Å². The van der Waals surface area contributed by atoms with Gasteiger partial charge in [-0.1, -0.05) is 11.8 Å². The number of hydrogen-bond acceptors (Lipinski definition) is 3. The van der Waals surface area contributed by atoms with Crippen LogP contribution in [0.25, 0.3) is 0 Å². The van der Waals surface area contributed by atoms with Crippen LogP contribution >= 0.6 is 0 Å². The molecule has 0 aliphatic heterocycles. The molecule has 1 aromatic rings. The number of ether oxygens (including phenoxy) is 2. The van der Waals surface area contributed by atoms with Gasteiger partial charge in [0.05, 0.1) is 12.2 Å². The molecule has 3 heteroatoms. The SMILES string of the molecule is Cc1cc(C#CCO)ccc1OCCOC(C)(C)C. The fraction of sp³-hybridized carbons (Fsp3) is 0.500. The van der Waals surface area contributed by atoms with E-state index in [1.807, 2.05) is 45.9 Å². The molecule has 0 saturated carbocycles. The lowest BCUT2D eigenvalue weighted by atomic mass is 10.1. The first-order valence-electron chi connectivity index (χ1n) is 6.39. The van der Waals surface area contributed by atoms with Gasteiger partial charge in [0.2, 0.25) is 0 Å². The van der Waals surface area contributed by atoms with Crippen molar-refractivity contribution in [1.29, 1.82) is 0 Å². The number of aliphatic hydroxyl groups excluding tert-OH is 1. The van der Waals surface area contributed by atoms with Crippen LogP contribution in [0.4, 0.5) is 0 Å². The smallest absolute Gasteiger partial charge is 0.122 e. The Kier molecular flexibility index (Phi) is 5.88. The van der Waals surface area contributed by atoms with Gasteiger partial charge in [-0.05, 0) is 51.5 Å². The maximum Gasteiger partial charge on any atom is 0.122 e. The highest BCUT2D eigenvalue weighted by Gasteiger charge is 2.09. The summed E-state index contributed by atoms with van der Waals surface area (Å²) in [5.41, 5.74) is 1.77. The number of aryl methyl sites for hydroxylation is 1. The lowest BCUT2D eigenvalue weighted by Crippen LogP contribution is -2.22. The topological polar surface area (TPSA) is 38.7 Å². The second-order valence-corrected chi connectivity index (χ2v) is 5.25. The normalized spacial score (nSPS) is 10.8. The van der Waals surface area contributed by atoms with Crippen LogP contribution in [0.1, 0.15) is 31.9 Å². The molecule has 0 radical (unpaired) electrons. The summed E-state index contributed by atoms with van der Waals surface area (Å²) >= 11 is 0. The van der Waals surface area contributed by atoms with Gasteiger partial charge in [0.25, 0.3) is 0 Å². The van der Waals surface area contributed by atoms with Crippen molar-refractivity contribution in [3.05, 3.63) is 29.3 Å². The minimum Gasteiger partial charge on any atom is -0.491 e. The van der Waals surface area contributed by atoms with Gasteiger partial charge in [0.1, 0.15) is 19.0 Å². The van der Waals surface area contributed by atoms with E-state index in [1.165, 1.54) is 0 Å². The van der Waals surface area contributed by atoms with E-state index in [9.17, 15) is 0 Å². The highest BCUT2D eigenvalue weighted by atomic mass is 16.5. The summed E-state index contributed by atoms with van der Waals surface area (Å²) in [4.78, 5) is 0. The van der Waals surface area contributed by atoms with E-state index in [4.69, 9.17) is 14.6 Å². The summed E-state index contributed by atoms with van der Waals surface area (Å²) < 4.78 is 11.3. The van der Waals surface area contributed by atoms with Crippen molar-refractivity contribution in [1.82, 2.24) is 0 Å². The van der Waals surface area contributed by atoms with Gasteiger partial charge in [-0.15, -0.1) is 0 Å². The minimum atomic E-state index is -0.137. The lowest BCUT2D eigenvalue weighted by Gasteiger charge is -2.19. The molecule has 19 heavy (non-hydrogen) atoms. The summed E-state index contributed by atoms with van der Waals surface area (Å²) in [6.07, 6.45) is 0. The number of benzene rings is 1. The van der Waals surface area contributed by atoms with Crippen LogP contribution < -0.4 is 4.74 Å². The quantitative estimate of drug-likeness (QED) is 0.669. The Balaban J connectivity index is 2.51. The minimum absolute atomic E-state index is 0.124. The molecule has 0 aromatic heterocycles. The van der Waals surface area contributed by atoms with Crippen LogP contribution in [0.2, 0.25) is 0 Å². The number of rotatable bonds is 4. The molecular weight excluding hydrogens is 240 g/mol. The highest BCUT2D eigenvalue weighted by Crippen LogP contribution is 2.18. The standard InChI is InChI=1S/C16H22O3/c1-13-12-14(6-5-9-17)7-8-15(13)18-10-11-19-16(2,3)4/h7-8,12,17H,9-11H2,1-4H3. The summed E-state index contributed by atoms with van der Waals surface area (Å²) in [5.74, 6) is 6.33. The monoisotopic (exact) mass is 262 g/mol. The zero-order chi connectivity index (χ0) is 14.3. The van der Waals surface area contributed by atoms with Crippen LogP contribution in [-0.4, -0.2) is 30.5 Å². The number of hydrogen-bond donors (Lipinski definition) is 1. The first kappa shape index (κ1) is 15.6. The third-order valence-electron chi connectivity index (χ3n) is 2.36. The maximum absolute atomic E-state index is 8.65. The Bertz CT molecular complexity index is 461. The Morgan fingerprint density at radius 1 is 1.21 bits per heavy atom.